The van der Waals surface area contributed by atoms with Crippen molar-refractivity contribution in [3.05, 3.63) is 36.5 Å². The van der Waals surface area contributed by atoms with Gasteiger partial charge in [0.25, 0.3) is 7.82 Å². The molecule has 0 bridgehead atoms. The Bertz CT molecular complexity index is 1340. The molecule has 436 valence electrons. The number of carbonyl (C=O) groups excluding carboxylic acids is 2. The van der Waals surface area contributed by atoms with Crippen LogP contribution in [0.4, 0.5) is 0 Å². The molecule has 0 radical (unpaired) electrons. The fourth-order valence-electron chi connectivity index (χ4n) is 9.20. The summed E-state index contributed by atoms with van der Waals surface area (Å²) >= 11 is 0. The summed E-state index contributed by atoms with van der Waals surface area (Å²) in [6, 6.07) is 0. The number of phosphoric ester groups is 1. The third kappa shape index (κ3) is 59.5. The van der Waals surface area contributed by atoms with Crippen LogP contribution in [-0.2, 0) is 32.7 Å². The molecule has 0 aliphatic rings. The zero-order valence-electron chi connectivity index (χ0n) is 49.6. The average molecular weight is 1060 g/mol. The lowest BCUT2D eigenvalue weighted by molar-refractivity contribution is -0.870. The predicted molar refractivity (Wildman–Crippen MR) is 314 cm³/mol. The summed E-state index contributed by atoms with van der Waals surface area (Å²) in [5, 5.41) is 0. The number of hydrogen-bond acceptors (Lipinski definition) is 8. The van der Waals surface area contributed by atoms with E-state index in [-0.39, 0.29) is 32.0 Å². The van der Waals surface area contributed by atoms with Crippen molar-refractivity contribution >= 4 is 19.8 Å². The Morgan fingerprint density at radius 2 is 0.743 bits per heavy atom. The topological polar surface area (TPSA) is 111 Å². The number of likely N-dealkylation sites (N-methyl/N-ethyl adjacent to an activating group) is 1. The molecule has 9 nitrogen and oxygen atoms in total. The lowest BCUT2D eigenvalue weighted by Crippen LogP contribution is -2.37. The number of unbranched alkanes of at least 4 members (excludes halogenated alkanes) is 39. The Kier molecular flexibility index (Phi) is 54.6. The molecular weight excluding hydrogens is 942 g/mol. The van der Waals surface area contributed by atoms with Crippen LogP contribution in [-0.4, -0.2) is 70.0 Å². The summed E-state index contributed by atoms with van der Waals surface area (Å²) in [6.45, 7) is 4.21. The van der Waals surface area contributed by atoms with Crippen molar-refractivity contribution < 1.29 is 42.1 Å². The largest absolute Gasteiger partial charge is 0.756 e. The molecule has 0 rings (SSSR count). The second-order valence-corrected chi connectivity index (χ2v) is 24.2. The zero-order valence-corrected chi connectivity index (χ0v) is 50.5. The first kappa shape index (κ1) is 72.2. The van der Waals surface area contributed by atoms with Crippen molar-refractivity contribution in [1.29, 1.82) is 0 Å². The predicted octanol–water partition coefficient (Wildman–Crippen LogP) is 19.3. The Hall–Kier alpha value is -1.77. The molecule has 0 heterocycles. The molecule has 0 saturated heterocycles. The second-order valence-electron chi connectivity index (χ2n) is 22.8. The molecule has 2 unspecified atom stereocenters. The molecule has 0 aliphatic carbocycles. The van der Waals surface area contributed by atoms with Crippen molar-refractivity contribution in [2.75, 3.05) is 47.5 Å². The van der Waals surface area contributed by atoms with Crippen LogP contribution in [0.3, 0.4) is 0 Å². The van der Waals surface area contributed by atoms with Gasteiger partial charge in [0, 0.05) is 12.8 Å². The van der Waals surface area contributed by atoms with E-state index in [1.807, 2.05) is 21.1 Å². The quantitative estimate of drug-likeness (QED) is 0.0195. The van der Waals surface area contributed by atoms with Crippen LogP contribution < -0.4 is 4.89 Å². The Morgan fingerprint density at radius 3 is 1.12 bits per heavy atom. The number of phosphoric acid groups is 1. The minimum absolute atomic E-state index is 0.0299. The lowest BCUT2D eigenvalue weighted by atomic mass is 10.0. The van der Waals surface area contributed by atoms with Gasteiger partial charge in [-0.05, 0) is 64.2 Å². The first-order valence-electron chi connectivity index (χ1n) is 31.7. The summed E-state index contributed by atoms with van der Waals surface area (Å²) in [5.41, 5.74) is 0. The van der Waals surface area contributed by atoms with Gasteiger partial charge in [0.05, 0.1) is 27.7 Å². The van der Waals surface area contributed by atoms with Crippen molar-refractivity contribution in [2.45, 2.75) is 315 Å². The summed E-state index contributed by atoms with van der Waals surface area (Å²) < 4.78 is 34.1. The number of allylic oxidation sites excluding steroid dienone is 6. The van der Waals surface area contributed by atoms with Gasteiger partial charge in [-0.3, -0.25) is 14.2 Å². The van der Waals surface area contributed by atoms with Crippen LogP contribution in [0.5, 0.6) is 0 Å². The average Bonchev–Trinajstić information content (AvgIpc) is 3.36. The van der Waals surface area contributed by atoms with Crippen LogP contribution in [0.15, 0.2) is 36.5 Å². The van der Waals surface area contributed by atoms with E-state index >= 15 is 0 Å². The van der Waals surface area contributed by atoms with Crippen molar-refractivity contribution in [1.82, 2.24) is 0 Å². The van der Waals surface area contributed by atoms with E-state index in [2.05, 4.69) is 50.3 Å². The highest BCUT2D eigenvalue weighted by molar-refractivity contribution is 7.45. The Balaban J connectivity index is 3.83. The molecule has 0 amide bonds. The van der Waals surface area contributed by atoms with Gasteiger partial charge < -0.3 is 27.9 Å². The van der Waals surface area contributed by atoms with Crippen LogP contribution in [0.1, 0.15) is 309 Å². The van der Waals surface area contributed by atoms with Gasteiger partial charge in [0.1, 0.15) is 19.8 Å². The van der Waals surface area contributed by atoms with Crippen LogP contribution in [0, 0.1) is 0 Å². The van der Waals surface area contributed by atoms with E-state index in [0.29, 0.717) is 17.4 Å². The molecule has 2 atom stereocenters. The monoisotopic (exact) mass is 1060 g/mol. The lowest BCUT2D eigenvalue weighted by Gasteiger charge is -2.28. The van der Waals surface area contributed by atoms with E-state index < -0.39 is 26.5 Å². The van der Waals surface area contributed by atoms with E-state index in [9.17, 15) is 19.0 Å². The maximum atomic E-state index is 12.8. The molecule has 0 aromatic rings. The highest BCUT2D eigenvalue weighted by atomic mass is 31.2. The molecule has 74 heavy (non-hydrogen) atoms. The number of ether oxygens (including phenoxy) is 2. The highest BCUT2D eigenvalue weighted by Gasteiger charge is 2.22. The number of esters is 2. The van der Waals surface area contributed by atoms with Crippen LogP contribution >= 0.6 is 7.82 Å². The minimum Gasteiger partial charge on any atom is -0.756 e. The SMILES string of the molecule is CCCC/C=C\CCCCCCCC(=O)OCC(COP(=O)([O-])OCC[N+](C)(C)C)OC(=O)CCCCCCCCCCCCCCCCCCCCCCCCCCCCC/C=C\C/C=C\CCCCCCC. The number of carbonyl (C=O) groups is 2. The van der Waals surface area contributed by atoms with E-state index in [4.69, 9.17) is 18.5 Å². The standard InChI is InChI=1S/C64H122NO8P/c1-6-8-10-12-14-16-18-19-20-21-22-23-24-25-26-27-28-29-30-31-32-33-34-35-36-37-38-39-40-41-42-43-44-45-47-49-51-53-55-57-64(67)73-62(61-72-74(68,69)71-59-58-65(3,4)5)60-70-63(66)56-54-52-50-48-46-17-15-13-11-9-7-2/h13,15,18-19,21-22,62H,6-12,14,16-17,20,23-61H2,1-5H3/b15-13-,19-18-,22-21-. The first-order chi connectivity index (χ1) is 36.0. The normalized spacial score (nSPS) is 13.4. The molecule has 0 fully saturated rings. The van der Waals surface area contributed by atoms with E-state index in [1.165, 1.54) is 212 Å². The molecule has 10 heteroatoms. The van der Waals surface area contributed by atoms with Gasteiger partial charge in [-0.1, -0.05) is 269 Å². The summed E-state index contributed by atoms with van der Waals surface area (Å²) in [6.07, 6.45) is 69.6. The molecular formula is C64H122NO8P. The molecule has 0 aromatic heterocycles. The second kappa shape index (κ2) is 56.0. The zero-order chi connectivity index (χ0) is 54.2. The molecule has 0 aromatic carbocycles. The van der Waals surface area contributed by atoms with E-state index in [0.717, 1.165) is 64.2 Å². The van der Waals surface area contributed by atoms with Gasteiger partial charge >= 0.3 is 11.9 Å². The van der Waals surface area contributed by atoms with Gasteiger partial charge in [-0.15, -0.1) is 0 Å². The molecule has 0 aliphatic heterocycles. The fourth-order valence-corrected chi connectivity index (χ4v) is 9.93. The Labute approximate surface area is 459 Å². The van der Waals surface area contributed by atoms with Gasteiger partial charge in [-0.2, -0.15) is 0 Å². The molecule has 0 saturated carbocycles. The number of hydrogen-bond donors (Lipinski definition) is 0. The highest BCUT2D eigenvalue weighted by Crippen LogP contribution is 2.38. The smallest absolute Gasteiger partial charge is 0.306 e. The van der Waals surface area contributed by atoms with Crippen LogP contribution in [0.2, 0.25) is 0 Å². The number of nitrogens with zero attached hydrogens (tertiary/aromatic N) is 1. The number of quaternary nitrogens is 1. The van der Waals surface area contributed by atoms with Crippen LogP contribution in [0.25, 0.3) is 0 Å². The first-order valence-corrected chi connectivity index (χ1v) is 33.2. The fraction of sp³-hybridized carbons (Fsp3) is 0.875. The van der Waals surface area contributed by atoms with Gasteiger partial charge in [-0.25, -0.2) is 0 Å². The third-order valence-electron chi connectivity index (χ3n) is 14.1. The summed E-state index contributed by atoms with van der Waals surface area (Å²) in [4.78, 5) is 37.7. The maximum absolute atomic E-state index is 12.8. The van der Waals surface area contributed by atoms with Crippen molar-refractivity contribution in [3.63, 3.8) is 0 Å². The summed E-state index contributed by atoms with van der Waals surface area (Å²) in [7, 11) is 1.17. The molecule has 0 N–H and O–H groups in total. The van der Waals surface area contributed by atoms with Crippen molar-refractivity contribution in [2.24, 2.45) is 0 Å². The maximum Gasteiger partial charge on any atom is 0.306 e. The van der Waals surface area contributed by atoms with E-state index in [1.54, 1.807) is 0 Å². The molecule has 0 spiro atoms. The van der Waals surface area contributed by atoms with Gasteiger partial charge in [0.2, 0.25) is 0 Å². The third-order valence-corrected chi connectivity index (χ3v) is 15.1. The summed E-state index contributed by atoms with van der Waals surface area (Å²) in [5.74, 6) is -0.832. The number of rotatable bonds is 59. The van der Waals surface area contributed by atoms with Gasteiger partial charge in [0.15, 0.2) is 6.10 Å². The van der Waals surface area contributed by atoms with Crippen molar-refractivity contribution in [3.8, 4) is 0 Å². The Morgan fingerprint density at radius 1 is 0.419 bits per heavy atom. The minimum atomic E-state index is -4.63.